The summed E-state index contributed by atoms with van der Waals surface area (Å²) in [5, 5.41) is 19.5. The topological polar surface area (TPSA) is 57.5 Å². The standard InChI is InChI=1S/C14H20O3/c1-4-5-12(15)11-7-6-10(9(2)3)8-13(16)14(11)17/h6-9,12,15H,4-5H2,1-3H3,(H,16,17). The molecular formula is C14H20O3. The van der Waals surface area contributed by atoms with Crippen molar-refractivity contribution in [3.63, 3.8) is 0 Å². The highest BCUT2D eigenvalue weighted by atomic mass is 16.3. The van der Waals surface area contributed by atoms with E-state index >= 15 is 0 Å². The number of hydrogen-bond acceptors (Lipinski definition) is 3. The van der Waals surface area contributed by atoms with Crippen LogP contribution in [0.5, 0.6) is 5.75 Å². The summed E-state index contributed by atoms with van der Waals surface area (Å²) in [6, 6.07) is 4.90. The van der Waals surface area contributed by atoms with Crippen LogP contribution in [0.25, 0.3) is 0 Å². The van der Waals surface area contributed by atoms with E-state index in [1.54, 1.807) is 12.1 Å². The molecule has 0 aliphatic heterocycles. The van der Waals surface area contributed by atoms with E-state index in [0.29, 0.717) is 6.42 Å². The summed E-state index contributed by atoms with van der Waals surface area (Å²) in [5.41, 5.74) is 0.684. The first-order valence-corrected chi connectivity index (χ1v) is 6.02. The average Bonchev–Trinajstić information content (AvgIpc) is 2.40. The van der Waals surface area contributed by atoms with Crippen LogP contribution in [-0.2, 0) is 0 Å². The lowest BCUT2D eigenvalue weighted by Crippen LogP contribution is -2.10. The predicted octanol–water partition coefficient (Wildman–Crippen LogP) is 2.71. The first-order valence-electron chi connectivity index (χ1n) is 6.02. The molecule has 0 fully saturated rings. The molecule has 1 atom stereocenters. The molecule has 2 N–H and O–H groups in total. The Bertz CT molecular complexity index is 438. The maximum absolute atomic E-state index is 11.8. The second-order valence-electron chi connectivity index (χ2n) is 4.61. The molecule has 0 radical (unpaired) electrons. The molecule has 0 aliphatic rings. The van der Waals surface area contributed by atoms with Crippen molar-refractivity contribution < 1.29 is 10.2 Å². The van der Waals surface area contributed by atoms with Gasteiger partial charge in [-0.25, -0.2) is 0 Å². The van der Waals surface area contributed by atoms with E-state index < -0.39 is 11.5 Å². The quantitative estimate of drug-likeness (QED) is 0.845. The van der Waals surface area contributed by atoms with Crippen LogP contribution >= 0.6 is 0 Å². The minimum Gasteiger partial charge on any atom is -0.504 e. The van der Waals surface area contributed by atoms with Crippen LogP contribution in [-0.4, -0.2) is 10.2 Å². The van der Waals surface area contributed by atoms with Gasteiger partial charge in [0, 0.05) is 5.56 Å². The monoisotopic (exact) mass is 236 g/mol. The highest BCUT2D eigenvalue weighted by molar-refractivity contribution is 5.33. The third-order valence-electron chi connectivity index (χ3n) is 2.84. The molecule has 0 saturated heterocycles. The lowest BCUT2D eigenvalue weighted by molar-refractivity contribution is 0.165. The van der Waals surface area contributed by atoms with Crippen molar-refractivity contribution in [2.75, 3.05) is 0 Å². The highest BCUT2D eigenvalue weighted by Crippen LogP contribution is 2.20. The Morgan fingerprint density at radius 3 is 2.47 bits per heavy atom. The SMILES string of the molecule is CCCC(O)c1ccc(C(C)C)cc(O)c1=O. The van der Waals surface area contributed by atoms with Gasteiger partial charge in [0.25, 0.3) is 0 Å². The smallest absolute Gasteiger partial charge is 0.225 e. The second-order valence-corrected chi connectivity index (χ2v) is 4.61. The Hall–Kier alpha value is -1.35. The normalized spacial score (nSPS) is 12.8. The van der Waals surface area contributed by atoms with E-state index in [0.717, 1.165) is 12.0 Å². The molecule has 17 heavy (non-hydrogen) atoms. The highest BCUT2D eigenvalue weighted by Gasteiger charge is 2.13. The molecule has 0 heterocycles. The zero-order chi connectivity index (χ0) is 13.0. The molecule has 3 heteroatoms. The van der Waals surface area contributed by atoms with Crippen LogP contribution in [0.2, 0.25) is 0 Å². The summed E-state index contributed by atoms with van der Waals surface area (Å²) in [6.45, 7) is 5.92. The molecule has 1 aromatic carbocycles. The molecule has 0 aliphatic carbocycles. The van der Waals surface area contributed by atoms with E-state index in [2.05, 4.69) is 0 Å². The fraction of sp³-hybridized carbons (Fsp3) is 0.500. The molecule has 1 aromatic rings. The van der Waals surface area contributed by atoms with E-state index in [9.17, 15) is 15.0 Å². The number of aromatic hydroxyl groups is 1. The van der Waals surface area contributed by atoms with Crippen LogP contribution in [0.4, 0.5) is 0 Å². The van der Waals surface area contributed by atoms with Crippen molar-refractivity contribution in [1.29, 1.82) is 0 Å². The fourth-order valence-corrected chi connectivity index (χ4v) is 1.73. The third kappa shape index (κ3) is 3.30. The van der Waals surface area contributed by atoms with Crippen molar-refractivity contribution >= 4 is 0 Å². The fourth-order valence-electron chi connectivity index (χ4n) is 1.73. The molecule has 1 rings (SSSR count). The van der Waals surface area contributed by atoms with E-state index in [-0.39, 0.29) is 17.2 Å². The molecular weight excluding hydrogens is 216 g/mol. The second kappa shape index (κ2) is 5.82. The first kappa shape index (κ1) is 13.7. The van der Waals surface area contributed by atoms with Gasteiger partial charge >= 0.3 is 0 Å². The third-order valence-corrected chi connectivity index (χ3v) is 2.84. The predicted molar refractivity (Wildman–Crippen MR) is 68.3 cm³/mol. The van der Waals surface area contributed by atoms with Gasteiger partial charge in [-0.3, -0.25) is 4.79 Å². The van der Waals surface area contributed by atoms with Crippen molar-refractivity contribution in [2.45, 2.75) is 45.6 Å². The van der Waals surface area contributed by atoms with Gasteiger partial charge < -0.3 is 10.2 Å². The molecule has 0 amide bonds. The Kier molecular flexibility index (Phi) is 4.70. The summed E-state index contributed by atoms with van der Waals surface area (Å²) in [6.07, 6.45) is 0.512. The van der Waals surface area contributed by atoms with Gasteiger partial charge in [-0.2, -0.15) is 0 Å². The molecule has 0 bridgehead atoms. The van der Waals surface area contributed by atoms with Crippen LogP contribution in [0, 0.1) is 0 Å². The van der Waals surface area contributed by atoms with Gasteiger partial charge in [-0.15, -0.1) is 0 Å². The summed E-state index contributed by atoms with van der Waals surface area (Å²) in [4.78, 5) is 11.8. The van der Waals surface area contributed by atoms with Crippen LogP contribution in [0.15, 0.2) is 23.0 Å². The summed E-state index contributed by atoms with van der Waals surface area (Å²) >= 11 is 0. The minimum atomic E-state index is -0.800. The molecule has 94 valence electrons. The molecule has 3 nitrogen and oxygen atoms in total. The Morgan fingerprint density at radius 2 is 1.94 bits per heavy atom. The minimum absolute atomic E-state index is 0.226. The molecule has 0 aromatic heterocycles. The lowest BCUT2D eigenvalue weighted by Gasteiger charge is -2.06. The van der Waals surface area contributed by atoms with Crippen LogP contribution < -0.4 is 5.43 Å². The van der Waals surface area contributed by atoms with E-state index in [4.69, 9.17) is 0 Å². The summed E-state index contributed by atoms with van der Waals surface area (Å²) < 4.78 is 0. The van der Waals surface area contributed by atoms with Crippen LogP contribution in [0.3, 0.4) is 0 Å². The van der Waals surface area contributed by atoms with Gasteiger partial charge in [-0.05, 0) is 24.0 Å². The van der Waals surface area contributed by atoms with Crippen molar-refractivity contribution in [2.24, 2.45) is 0 Å². The van der Waals surface area contributed by atoms with Crippen molar-refractivity contribution in [3.05, 3.63) is 39.5 Å². The Labute approximate surface area is 102 Å². The van der Waals surface area contributed by atoms with Gasteiger partial charge in [0.1, 0.15) is 0 Å². The molecule has 0 saturated carbocycles. The Balaban J connectivity index is 3.30. The first-order chi connectivity index (χ1) is 7.97. The van der Waals surface area contributed by atoms with E-state index in [1.165, 1.54) is 6.07 Å². The molecule has 0 spiro atoms. The van der Waals surface area contributed by atoms with Gasteiger partial charge in [0.2, 0.25) is 5.43 Å². The maximum Gasteiger partial charge on any atom is 0.225 e. The van der Waals surface area contributed by atoms with Crippen LogP contribution in [0.1, 0.15) is 56.8 Å². The van der Waals surface area contributed by atoms with E-state index in [1.807, 2.05) is 20.8 Å². The number of aliphatic hydroxyl groups excluding tert-OH is 1. The zero-order valence-corrected chi connectivity index (χ0v) is 10.6. The number of aliphatic hydroxyl groups is 1. The van der Waals surface area contributed by atoms with Gasteiger partial charge in [0.05, 0.1) is 6.10 Å². The lowest BCUT2D eigenvalue weighted by atomic mass is 10.1. The molecule has 1 unspecified atom stereocenters. The largest absolute Gasteiger partial charge is 0.504 e. The number of hydrogen-bond donors (Lipinski definition) is 2. The average molecular weight is 236 g/mol. The van der Waals surface area contributed by atoms with Crippen molar-refractivity contribution in [3.8, 4) is 5.75 Å². The van der Waals surface area contributed by atoms with Gasteiger partial charge in [0.15, 0.2) is 5.75 Å². The maximum atomic E-state index is 11.8. The van der Waals surface area contributed by atoms with Crippen molar-refractivity contribution in [1.82, 2.24) is 0 Å². The summed E-state index contributed by atoms with van der Waals surface area (Å²) in [7, 11) is 0. The summed E-state index contributed by atoms with van der Waals surface area (Å²) in [5.74, 6) is -0.0623. The number of rotatable bonds is 4. The Morgan fingerprint density at radius 1 is 1.29 bits per heavy atom. The van der Waals surface area contributed by atoms with Gasteiger partial charge in [-0.1, -0.05) is 39.3 Å². The zero-order valence-electron chi connectivity index (χ0n) is 10.6.